The average Bonchev–Trinajstić information content (AvgIpc) is 3.59. The summed E-state index contributed by atoms with van der Waals surface area (Å²) in [6.07, 6.45) is 8.57. The van der Waals surface area contributed by atoms with Crippen LogP contribution in [0.1, 0.15) is 44.5 Å². The van der Waals surface area contributed by atoms with E-state index in [0.717, 1.165) is 38.5 Å². The van der Waals surface area contributed by atoms with Crippen LogP contribution in [0.15, 0.2) is 110 Å². The molecule has 0 bridgehead atoms. The summed E-state index contributed by atoms with van der Waals surface area (Å²) in [5, 5.41) is 2.18. The molecule has 4 aromatic carbocycles. The molecular formula is C35H33N2O2S2-. The first kappa shape index (κ1) is 32.7. The van der Waals surface area contributed by atoms with E-state index in [0.29, 0.717) is 5.56 Å². The van der Waals surface area contributed by atoms with E-state index in [1.807, 2.05) is 61.5 Å². The summed E-state index contributed by atoms with van der Waals surface area (Å²) in [4.78, 5) is 19.1. The van der Waals surface area contributed by atoms with Gasteiger partial charge in [-0.1, -0.05) is 112 Å². The zero-order valence-electron chi connectivity index (χ0n) is 22.1. The number of para-hydroxylation sites is 2. The molecule has 6 aromatic rings. The van der Waals surface area contributed by atoms with Crippen molar-refractivity contribution in [2.45, 2.75) is 14.4 Å². The monoisotopic (exact) mass is 577 g/mol. The van der Waals surface area contributed by atoms with Crippen molar-refractivity contribution < 1.29 is 10.3 Å². The van der Waals surface area contributed by atoms with Crippen molar-refractivity contribution in [1.82, 2.24) is 9.97 Å². The molecule has 4 nitrogen and oxygen atoms in total. The van der Waals surface area contributed by atoms with Gasteiger partial charge in [0.05, 0.1) is 25.4 Å². The first-order chi connectivity index (χ1) is 19.1. The number of hydrogen-bond donors (Lipinski definition) is 0. The highest BCUT2D eigenvalue weighted by Gasteiger charge is 1.99. The number of carbonyl (C=O) groups excluding carboxylic acids is 1. The SMILES string of the molecule is C.C=Cc1ccc(/C=C/c2nc3ccccc3s2)cc1.C=Cc1ccc(C=O)cc1.Cc1nc2ccccc2s1.[OH-]. The molecule has 0 atom stereocenters. The Morgan fingerprint density at radius 2 is 1.07 bits per heavy atom. The van der Waals surface area contributed by atoms with Gasteiger partial charge in [0.15, 0.2) is 0 Å². The summed E-state index contributed by atoms with van der Waals surface area (Å²) in [6, 6.07) is 31.9. The van der Waals surface area contributed by atoms with Gasteiger partial charge < -0.3 is 5.48 Å². The highest BCUT2D eigenvalue weighted by molar-refractivity contribution is 7.19. The Bertz CT molecular complexity index is 1620. The van der Waals surface area contributed by atoms with Crippen molar-refractivity contribution >= 4 is 73.7 Å². The van der Waals surface area contributed by atoms with Crippen molar-refractivity contribution in [2.24, 2.45) is 0 Å². The van der Waals surface area contributed by atoms with Crippen molar-refractivity contribution in [3.05, 3.63) is 142 Å². The minimum absolute atomic E-state index is 0. The molecule has 0 aliphatic carbocycles. The summed E-state index contributed by atoms with van der Waals surface area (Å²) >= 11 is 3.45. The third-order valence-electron chi connectivity index (χ3n) is 5.61. The van der Waals surface area contributed by atoms with Gasteiger partial charge >= 0.3 is 0 Å². The Labute approximate surface area is 250 Å². The number of hydrogen-bond acceptors (Lipinski definition) is 6. The number of aldehydes is 1. The van der Waals surface area contributed by atoms with E-state index in [-0.39, 0.29) is 12.9 Å². The van der Waals surface area contributed by atoms with Gasteiger partial charge in [-0.3, -0.25) is 4.79 Å². The average molecular weight is 578 g/mol. The fraction of sp³-hybridized carbons (Fsp3) is 0.0571. The van der Waals surface area contributed by atoms with Crippen LogP contribution in [0.5, 0.6) is 0 Å². The lowest BCUT2D eigenvalue weighted by Gasteiger charge is -1.94. The smallest absolute Gasteiger partial charge is 0.150 e. The summed E-state index contributed by atoms with van der Waals surface area (Å²) in [5.41, 5.74) is 6.22. The molecule has 41 heavy (non-hydrogen) atoms. The predicted octanol–water partition coefficient (Wildman–Crippen LogP) is 10.3. The Hall–Kier alpha value is -4.49. The van der Waals surface area contributed by atoms with Crippen molar-refractivity contribution in [3.8, 4) is 0 Å². The van der Waals surface area contributed by atoms with Crippen LogP contribution in [0, 0.1) is 6.92 Å². The van der Waals surface area contributed by atoms with Gasteiger partial charge in [-0.05, 0) is 54.0 Å². The molecule has 0 amide bonds. The lowest BCUT2D eigenvalue weighted by molar-refractivity contribution is 0.112. The molecule has 0 saturated heterocycles. The number of rotatable bonds is 5. The molecule has 0 radical (unpaired) electrons. The third kappa shape index (κ3) is 9.58. The Morgan fingerprint density at radius 1 is 0.610 bits per heavy atom. The summed E-state index contributed by atoms with van der Waals surface area (Å²) in [7, 11) is 0. The van der Waals surface area contributed by atoms with Crippen LogP contribution in [-0.4, -0.2) is 21.7 Å². The molecule has 0 saturated carbocycles. The van der Waals surface area contributed by atoms with E-state index >= 15 is 0 Å². The van der Waals surface area contributed by atoms with Gasteiger partial charge in [0.1, 0.15) is 11.3 Å². The number of nitrogens with zero attached hydrogens (tertiary/aromatic N) is 2. The predicted molar refractivity (Wildman–Crippen MR) is 180 cm³/mol. The number of fused-ring (bicyclic) bond motifs is 2. The molecule has 0 spiro atoms. The lowest BCUT2D eigenvalue weighted by Crippen LogP contribution is -1.77. The van der Waals surface area contributed by atoms with Crippen LogP contribution in [-0.2, 0) is 0 Å². The Kier molecular flexibility index (Phi) is 13.2. The van der Waals surface area contributed by atoms with Gasteiger partial charge in [0.2, 0.25) is 0 Å². The number of thiazole rings is 2. The van der Waals surface area contributed by atoms with Crippen LogP contribution in [0.2, 0.25) is 0 Å². The van der Waals surface area contributed by atoms with Crippen LogP contribution in [0.25, 0.3) is 44.7 Å². The summed E-state index contributed by atoms with van der Waals surface area (Å²) < 4.78 is 2.50. The highest BCUT2D eigenvalue weighted by atomic mass is 32.1. The van der Waals surface area contributed by atoms with Gasteiger partial charge in [-0.25, -0.2) is 9.97 Å². The minimum Gasteiger partial charge on any atom is -0.870 e. The van der Waals surface area contributed by atoms with E-state index in [4.69, 9.17) is 0 Å². The fourth-order valence-electron chi connectivity index (χ4n) is 3.57. The van der Waals surface area contributed by atoms with Crippen molar-refractivity contribution in [2.75, 3.05) is 0 Å². The number of aromatic nitrogens is 2. The lowest BCUT2D eigenvalue weighted by atomic mass is 10.1. The van der Waals surface area contributed by atoms with Gasteiger partial charge in [-0.2, -0.15) is 0 Å². The first-order valence-electron chi connectivity index (χ1n) is 12.3. The van der Waals surface area contributed by atoms with Gasteiger partial charge in [0.25, 0.3) is 0 Å². The maximum atomic E-state index is 10.2. The molecular weight excluding hydrogens is 545 g/mol. The van der Waals surface area contributed by atoms with E-state index < -0.39 is 0 Å². The molecule has 0 fully saturated rings. The third-order valence-corrected chi connectivity index (χ3v) is 7.56. The second-order valence-electron chi connectivity index (χ2n) is 8.41. The maximum absolute atomic E-state index is 10.2. The van der Waals surface area contributed by atoms with Gasteiger partial charge in [-0.15, -0.1) is 22.7 Å². The molecule has 2 aromatic heterocycles. The second-order valence-corrected chi connectivity index (χ2v) is 10.7. The zero-order valence-corrected chi connectivity index (χ0v) is 23.7. The van der Waals surface area contributed by atoms with E-state index in [2.05, 4.69) is 71.7 Å². The minimum atomic E-state index is 0. The Balaban J connectivity index is 0.000000228. The van der Waals surface area contributed by atoms with Crippen molar-refractivity contribution in [3.63, 3.8) is 0 Å². The highest BCUT2D eigenvalue weighted by Crippen LogP contribution is 2.23. The van der Waals surface area contributed by atoms with Crippen LogP contribution in [0.4, 0.5) is 0 Å². The largest absolute Gasteiger partial charge is 0.870 e. The topological polar surface area (TPSA) is 72.8 Å². The van der Waals surface area contributed by atoms with E-state index in [1.54, 1.807) is 40.9 Å². The first-order valence-corrected chi connectivity index (χ1v) is 14.0. The molecule has 2 heterocycles. The molecule has 0 aliphatic heterocycles. The maximum Gasteiger partial charge on any atom is 0.150 e. The molecule has 0 unspecified atom stereocenters. The van der Waals surface area contributed by atoms with Gasteiger partial charge in [0, 0.05) is 5.56 Å². The molecule has 6 rings (SSSR count). The van der Waals surface area contributed by atoms with E-state index in [1.165, 1.54) is 15.0 Å². The molecule has 1 N–H and O–H groups in total. The Morgan fingerprint density at radius 3 is 1.56 bits per heavy atom. The summed E-state index contributed by atoms with van der Waals surface area (Å²) in [6.45, 7) is 9.38. The summed E-state index contributed by atoms with van der Waals surface area (Å²) in [5.74, 6) is 0. The standard InChI is InChI=1S/C17H13NS.C9H8O.C8H7NS.CH4.H2O/c1-2-13-7-9-14(10-8-13)11-12-17-18-15-5-3-4-6-16(15)19-17;1-2-8-3-5-9(7-10)6-4-8;1-6-9-7-4-2-3-5-8(7)10-6;;/h2-12H,1H2;2-7H,1H2;2-5H,1H3;1H4;1H2/p-1/b12-11+;;;;. The zero-order chi connectivity index (χ0) is 27.5. The van der Waals surface area contributed by atoms with Crippen LogP contribution in [0.3, 0.4) is 0 Å². The van der Waals surface area contributed by atoms with Crippen molar-refractivity contribution in [1.29, 1.82) is 0 Å². The van der Waals surface area contributed by atoms with E-state index in [9.17, 15) is 4.79 Å². The fourth-order valence-corrected chi connectivity index (χ4v) is 5.27. The second kappa shape index (κ2) is 16.6. The quantitative estimate of drug-likeness (QED) is 0.191. The molecule has 208 valence electrons. The number of benzene rings is 4. The normalized spacial score (nSPS) is 9.88. The molecule has 6 heteroatoms. The van der Waals surface area contributed by atoms with Crippen LogP contribution < -0.4 is 0 Å². The molecule has 0 aliphatic rings. The number of aryl methyl sites for hydroxylation is 1. The number of carbonyl (C=O) groups is 1. The van der Waals surface area contributed by atoms with Crippen LogP contribution >= 0.6 is 22.7 Å².